The molecule has 1 N–H and O–H groups in total. The molecule has 0 bridgehead atoms. The zero-order valence-electron chi connectivity index (χ0n) is 15.2. The third-order valence-corrected chi connectivity index (χ3v) is 3.86. The standard InChI is InChI=1S/C20H28O6/c21-10-5-7-18-6-1-2-8-19(18)24-16-14-22-12-13-23-15-17-26-20-9-3-4-11-25-20/h1-2,6,8,20-21H,3-4,7,9,11-17H2/t20-/m0/s1. The van der Waals surface area contributed by atoms with E-state index in [9.17, 15) is 0 Å². The van der Waals surface area contributed by atoms with Gasteiger partial charge in [0, 0.05) is 18.6 Å². The fourth-order valence-electron chi connectivity index (χ4n) is 2.54. The van der Waals surface area contributed by atoms with Gasteiger partial charge in [0.2, 0.25) is 0 Å². The minimum absolute atomic E-state index is 0.0630. The van der Waals surface area contributed by atoms with Gasteiger partial charge < -0.3 is 28.8 Å². The third-order valence-electron chi connectivity index (χ3n) is 3.86. The first kappa shape index (κ1) is 20.5. The van der Waals surface area contributed by atoms with Crippen LogP contribution in [-0.2, 0) is 25.4 Å². The predicted molar refractivity (Wildman–Crippen MR) is 96.5 cm³/mol. The number of aliphatic hydroxyl groups excluding tert-OH is 1. The number of rotatable bonds is 12. The smallest absolute Gasteiger partial charge is 0.157 e. The highest BCUT2D eigenvalue weighted by Gasteiger charge is 2.13. The Balaban J connectivity index is 1.44. The molecule has 0 aromatic heterocycles. The molecule has 2 rings (SSSR count). The van der Waals surface area contributed by atoms with E-state index in [0.29, 0.717) is 46.1 Å². The lowest BCUT2D eigenvalue weighted by Crippen LogP contribution is -2.24. The molecular formula is C20H28O6. The van der Waals surface area contributed by atoms with Gasteiger partial charge in [0.15, 0.2) is 6.29 Å². The molecule has 0 radical (unpaired) electrons. The summed E-state index contributed by atoms with van der Waals surface area (Å²) >= 11 is 0. The van der Waals surface area contributed by atoms with E-state index in [1.165, 1.54) is 6.42 Å². The Morgan fingerprint density at radius 1 is 1.00 bits per heavy atom. The monoisotopic (exact) mass is 364 g/mol. The number of ether oxygens (including phenoxy) is 5. The van der Waals surface area contributed by atoms with E-state index in [-0.39, 0.29) is 6.29 Å². The maximum absolute atomic E-state index is 8.59. The van der Waals surface area contributed by atoms with Gasteiger partial charge in [0.1, 0.15) is 18.5 Å². The summed E-state index contributed by atoms with van der Waals surface area (Å²) in [5, 5.41) is 8.59. The van der Waals surface area contributed by atoms with Crippen molar-refractivity contribution in [3.8, 4) is 17.8 Å². The van der Waals surface area contributed by atoms with E-state index in [4.69, 9.17) is 28.8 Å². The molecule has 0 unspecified atom stereocenters. The van der Waals surface area contributed by atoms with Gasteiger partial charge in [-0.15, -0.1) is 0 Å². The SMILES string of the molecule is OC#CCc1ccccc1OCCOCCOCCO[C@H]1CCCCO1. The van der Waals surface area contributed by atoms with Crippen LogP contribution < -0.4 is 4.74 Å². The highest BCUT2D eigenvalue weighted by atomic mass is 16.7. The molecule has 1 saturated heterocycles. The molecule has 1 aliphatic heterocycles. The topological polar surface area (TPSA) is 66.4 Å². The summed E-state index contributed by atoms with van der Waals surface area (Å²) in [7, 11) is 0. The summed E-state index contributed by atoms with van der Waals surface area (Å²) in [5.41, 5.74) is 0.944. The van der Waals surface area contributed by atoms with Crippen molar-refractivity contribution >= 4 is 0 Å². The summed E-state index contributed by atoms with van der Waals surface area (Å²) in [6.07, 6.45) is 5.56. The maximum atomic E-state index is 8.59. The van der Waals surface area contributed by atoms with Crippen molar-refractivity contribution in [3.63, 3.8) is 0 Å². The second-order valence-electron chi connectivity index (χ2n) is 5.81. The first-order chi connectivity index (χ1) is 12.9. The molecule has 1 aromatic carbocycles. The Bertz CT molecular complexity index is 545. The van der Waals surface area contributed by atoms with Crippen LogP contribution in [0.15, 0.2) is 24.3 Å². The highest BCUT2D eigenvalue weighted by molar-refractivity contribution is 5.35. The van der Waals surface area contributed by atoms with Crippen molar-refractivity contribution in [1.29, 1.82) is 0 Å². The molecular weight excluding hydrogens is 336 g/mol. The first-order valence-electron chi connectivity index (χ1n) is 9.11. The Hall–Kier alpha value is -1.78. The summed E-state index contributed by atoms with van der Waals surface area (Å²) in [6, 6.07) is 7.63. The summed E-state index contributed by atoms with van der Waals surface area (Å²) in [4.78, 5) is 0. The molecule has 0 aliphatic carbocycles. The van der Waals surface area contributed by atoms with Crippen molar-refractivity contribution < 1.29 is 28.8 Å². The summed E-state index contributed by atoms with van der Waals surface area (Å²) < 4.78 is 27.7. The molecule has 6 heteroatoms. The van der Waals surface area contributed by atoms with Crippen LogP contribution >= 0.6 is 0 Å². The number of hydrogen-bond acceptors (Lipinski definition) is 6. The van der Waals surface area contributed by atoms with Gasteiger partial charge in [-0.1, -0.05) is 24.1 Å². The van der Waals surface area contributed by atoms with Gasteiger partial charge in [-0.05, 0) is 25.3 Å². The largest absolute Gasteiger partial charge is 0.491 e. The third kappa shape index (κ3) is 8.54. The summed E-state index contributed by atoms with van der Waals surface area (Å²) in [5.74, 6) is 3.38. The first-order valence-corrected chi connectivity index (χ1v) is 9.11. The lowest BCUT2D eigenvalue weighted by molar-refractivity contribution is -0.169. The average molecular weight is 364 g/mol. The molecule has 6 nitrogen and oxygen atoms in total. The van der Waals surface area contributed by atoms with Gasteiger partial charge in [-0.3, -0.25) is 0 Å². The minimum Gasteiger partial charge on any atom is -0.491 e. The van der Waals surface area contributed by atoms with Gasteiger partial charge in [-0.25, -0.2) is 0 Å². The van der Waals surface area contributed by atoms with E-state index in [1.807, 2.05) is 30.4 Å². The number of aliphatic hydroxyl groups is 1. The molecule has 1 atom stereocenters. The average Bonchev–Trinajstić information content (AvgIpc) is 2.69. The van der Waals surface area contributed by atoms with Crippen LogP contribution in [0.25, 0.3) is 0 Å². The van der Waals surface area contributed by atoms with Crippen molar-refractivity contribution in [2.75, 3.05) is 46.2 Å². The molecule has 1 heterocycles. The van der Waals surface area contributed by atoms with Crippen LogP contribution in [0.1, 0.15) is 24.8 Å². The maximum Gasteiger partial charge on any atom is 0.157 e. The van der Waals surface area contributed by atoms with Gasteiger partial charge in [-0.2, -0.15) is 0 Å². The quantitative estimate of drug-likeness (QED) is 0.454. The molecule has 1 fully saturated rings. The van der Waals surface area contributed by atoms with Crippen LogP contribution in [-0.4, -0.2) is 57.6 Å². The Morgan fingerprint density at radius 3 is 2.54 bits per heavy atom. The van der Waals surface area contributed by atoms with Crippen LogP contribution in [0.5, 0.6) is 5.75 Å². The van der Waals surface area contributed by atoms with Crippen LogP contribution in [0.3, 0.4) is 0 Å². The van der Waals surface area contributed by atoms with E-state index in [2.05, 4.69) is 5.92 Å². The summed E-state index contributed by atoms with van der Waals surface area (Å²) in [6.45, 7) is 3.85. The molecule has 0 amide bonds. The molecule has 1 aliphatic rings. The van der Waals surface area contributed by atoms with Crippen LogP contribution in [0.4, 0.5) is 0 Å². The molecule has 1 aromatic rings. The second-order valence-corrected chi connectivity index (χ2v) is 5.81. The molecule has 0 spiro atoms. The van der Waals surface area contributed by atoms with E-state index in [0.717, 1.165) is 30.8 Å². The fourth-order valence-corrected chi connectivity index (χ4v) is 2.54. The second kappa shape index (κ2) is 13.4. The predicted octanol–water partition coefficient (Wildman–Crippen LogP) is 2.52. The van der Waals surface area contributed by atoms with Crippen molar-refractivity contribution in [2.45, 2.75) is 32.0 Å². The minimum atomic E-state index is -0.0630. The zero-order valence-corrected chi connectivity index (χ0v) is 15.2. The van der Waals surface area contributed by atoms with Crippen LogP contribution in [0.2, 0.25) is 0 Å². The Labute approximate surface area is 155 Å². The lowest BCUT2D eigenvalue weighted by atomic mass is 10.1. The van der Waals surface area contributed by atoms with Gasteiger partial charge >= 0.3 is 0 Å². The highest BCUT2D eigenvalue weighted by Crippen LogP contribution is 2.18. The molecule has 26 heavy (non-hydrogen) atoms. The van der Waals surface area contributed by atoms with Crippen molar-refractivity contribution in [2.24, 2.45) is 0 Å². The van der Waals surface area contributed by atoms with Crippen LogP contribution in [0, 0.1) is 12.0 Å². The fraction of sp³-hybridized carbons (Fsp3) is 0.600. The normalized spacial score (nSPS) is 16.7. The molecule has 144 valence electrons. The zero-order chi connectivity index (χ0) is 18.3. The van der Waals surface area contributed by atoms with Gasteiger partial charge in [0.05, 0.1) is 33.0 Å². The lowest BCUT2D eigenvalue weighted by Gasteiger charge is -2.22. The van der Waals surface area contributed by atoms with Gasteiger partial charge in [0.25, 0.3) is 0 Å². The van der Waals surface area contributed by atoms with Crippen molar-refractivity contribution in [1.82, 2.24) is 0 Å². The Kier molecular flexibility index (Phi) is 10.6. The Morgan fingerprint density at radius 2 is 1.77 bits per heavy atom. The number of benzene rings is 1. The molecule has 0 saturated carbocycles. The number of hydrogen-bond donors (Lipinski definition) is 1. The van der Waals surface area contributed by atoms with Crippen molar-refractivity contribution in [3.05, 3.63) is 29.8 Å². The number of para-hydroxylation sites is 1. The van der Waals surface area contributed by atoms with E-state index >= 15 is 0 Å². The van der Waals surface area contributed by atoms with E-state index in [1.54, 1.807) is 0 Å². The van der Waals surface area contributed by atoms with E-state index < -0.39 is 0 Å².